The van der Waals surface area contributed by atoms with Crippen molar-refractivity contribution in [2.45, 2.75) is 38.1 Å². The van der Waals surface area contributed by atoms with Crippen molar-refractivity contribution >= 4 is 17.5 Å². The zero-order chi connectivity index (χ0) is 17.1. The lowest BCUT2D eigenvalue weighted by Crippen LogP contribution is -2.48. The van der Waals surface area contributed by atoms with Gasteiger partial charge in [-0.25, -0.2) is 0 Å². The second kappa shape index (κ2) is 7.24. The monoisotopic (exact) mass is 329 g/mol. The van der Waals surface area contributed by atoms with Crippen LogP contribution in [0.15, 0.2) is 24.3 Å². The van der Waals surface area contributed by atoms with Crippen LogP contribution in [-0.4, -0.2) is 49.9 Å². The number of amides is 2. The average Bonchev–Trinajstić information content (AvgIpc) is 2.53. The van der Waals surface area contributed by atoms with Gasteiger partial charge in [-0.1, -0.05) is 6.42 Å². The van der Waals surface area contributed by atoms with E-state index in [0.717, 1.165) is 36.9 Å². The van der Waals surface area contributed by atoms with Crippen molar-refractivity contribution in [1.82, 2.24) is 10.2 Å². The lowest BCUT2D eigenvalue weighted by atomic mass is 9.84. The lowest BCUT2D eigenvalue weighted by molar-refractivity contribution is -0.128. The van der Waals surface area contributed by atoms with Gasteiger partial charge in [-0.2, -0.15) is 0 Å². The van der Waals surface area contributed by atoms with Gasteiger partial charge < -0.3 is 15.1 Å². The fourth-order valence-corrected chi connectivity index (χ4v) is 3.30. The largest absolute Gasteiger partial charge is 0.378 e. The predicted molar refractivity (Wildman–Crippen MR) is 95.2 cm³/mol. The lowest BCUT2D eigenvalue weighted by Gasteiger charge is -2.34. The fourth-order valence-electron chi connectivity index (χ4n) is 3.30. The Balaban J connectivity index is 1.50. The Hall–Kier alpha value is -2.04. The fraction of sp³-hybridized carbons (Fsp3) is 0.579. The Kier molecular flexibility index (Phi) is 5.07. The Morgan fingerprint density at radius 3 is 2.17 bits per heavy atom. The molecule has 130 valence electrons. The van der Waals surface area contributed by atoms with Crippen LogP contribution < -0.4 is 10.2 Å². The highest BCUT2D eigenvalue weighted by Crippen LogP contribution is 2.27. The zero-order valence-corrected chi connectivity index (χ0v) is 14.6. The summed E-state index contributed by atoms with van der Waals surface area (Å²) in [6.07, 6.45) is 4.94. The Morgan fingerprint density at radius 2 is 1.67 bits per heavy atom. The molecule has 0 aromatic heterocycles. The van der Waals surface area contributed by atoms with Crippen LogP contribution >= 0.6 is 0 Å². The molecule has 1 aliphatic carbocycles. The molecule has 2 amide bonds. The van der Waals surface area contributed by atoms with Gasteiger partial charge in [-0.15, -0.1) is 0 Å². The molecule has 24 heavy (non-hydrogen) atoms. The minimum Gasteiger partial charge on any atom is -0.378 e. The third kappa shape index (κ3) is 3.71. The Labute approximate surface area is 144 Å². The number of likely N-dealkylation sites (tertiary alicyclic amines) is 1. The van der Waals surface area contributed by atoms with Gasteiger partial charge in [0.25, 0.3) is 5.91 Å². The first-order valence-corrected chi connectivity index (χ1v) is 8.91. The first kappa shape index (κ1) is 16.8. The normalized spacial score (nSPS) is 18.8. The molecule has 3 rings (SSSR count). The van der Waals surface area contributed by atoms with E-state index in [1.807, 2.05) is 48.2 Å². The molecule has 0 spiro atoms. The summed E-state index contributed by atoms with van der Waals surface area (Å²) in [5.74, 6) is 0.536. The van der Waals surface area contributed by atoms with Gasteiger partial charge >= 0.3 is 0 Å². The number of benzene rings is 1. The van der Waals surface area contributed by atoms with Crippen LogP contribution in [0.5, 0.6) is 0 Å². The van der Waals surface area contributed by atoms with E-state index in [4.69, 9.17) is 0 Å². The number of nitrogens with one attached hydrogen (secondary N) is 1. The molecule has 0 radical (unpaired) electrons. The smallest absolute Gasteiger partial charge is 0.253 e. The van der Waals surface area contributed by atoms with Gasteiger partial charge in [0.05, 0.1) is 0 Å². The third-order valence-electron chi connectivity index (χ3n) is 5.24. The summed E-state index contributed by atoms with van der Waals surface area (Å²) >= 11 is 0. The second-order valence-electron chi connectivity index (χ2n) is 7.14. The van der Waals surface area contributed by atoms with E-state index >= 15 is 0 Å². The molecule has 5 heteroatoms. The van der Waals surface area contributed by atoms with E-state index in [2.05, 4.69) is 5.32 Å². The predicted octanol–water partition coefficient (Wildman–Crippen LogP) is 2.27. The number of rotatable bonds is 4. The van der Waals surface area contributed by atoms with E-state index in [9.17, 15) is 9.59 Å². The van der Waals surface area contributed by atoms with E-state index < -0.39 is 0 Å². The molecular weight excluding hydrogens is 302 g/mol. The summed E-state index contributed by atoms with van der Waals surface area (Å²) in [4.78, 5) is 28.5. The molecule has 2 aliphatic rings. The number of anilines is 1. The maximum atomic E-state index is 12.6. The zero-order valence-electron chi connectivity index (χ0n) is 14.6. The van der Waals surface area contributed by atoms with Crippen LogP contribution in [0.2, 0.25) is 0 Å². The molecule has 1 heterocycles. The van der Waals surface area contributed by atoms with Gasteiger partial charge in [0.1, 0.15) is 0 Å². The highest BCUT2D eigenvalue weighted by atomic mass is 16.2. The van der Waals surface area contributed by atoms with Crippen molar-refractivity contribution in [1.29, 1.82) is 0 Å². The Bertz CT molecular complexity index is 585. The molecule has 1 aliphatic heterocycles. The highest BCUT2D eigenvalue weighted by Gasteiger charge is 2.29. The van der Waals surface area contributed by atoms with Crippen molar-refractivity contribution in [3.63, 3.8) is 0 Å². The maximum Gasteiger partial charge on any atom is 0.253 e. The van der Waals surface area contributed by atoms with Crippen molar-refractivity contribution in [2.24, 2.45) is 5.92 Å². The topological polar surface area (TPSA) is 52.7 Å². The summed E-state index contributed by atoms with van der Waals surface area (Å²) in [5.41, 5.74) is 1.82. The summed E-state index contributed by atoms with van der Waals surface area (Å²) in [6.45, 7) is 1.42. The molecule has 5 nitrogen and oxygen atoms in total. The SMILES string of the molecule is CN(C)c1ccc(C(=O)N2CCC(NC(=O)C3CCC3)CC2)cc1. The van der Waals surface area contributed by atoms with Crippen LogP contribution in [0.25, 0.3) is 0 Å². The number of piperidine rings is 1. The third-order valence-corrected chi connectivity index (χ3v) is 5.24. The highest BCUT2D eigenvalue weighted by molar-refractivity contribution is 5.94. The van der Waals surface area contributed by atoms with Crippen molar-refractivity contribution < 1.29 is 9.59 Å². The molecule has 1 saturated heterocycles. The van der Waals surface area contributed by atoms with Crippen molar-refractivity contribution in [3.8, 4) is 0 Å². The molecule has 0 unspecified atom stereocenters. The molecule has 1 aromatic rings. The molecule has 1 aromatic carbocycles. The summed E-state index contributed by atoms with van der Waals surface area (Å²) < 4.78 is 0. The van der Waals surface area contributed by atoms with Gasteiger partial charge in [-0.05, 0) is 49.9 Å². The van der Waals surface area contributed by atoms with Crippen LogP contribution in [0.3, 0.4) is 0 Å². The maximum absolute atomic E-state index is 12.6. The quantitative estimate of drug-likeness (QED) is 0.922. The molecule has 0 bridgehead atoms. The molecule has 1 saturated carbocycles. The van der Waals surface area contributed by atoms with Crippen molar-refractivity contribution in [3.05, 3.63) is 29.8 Å². The Morgan fingerprint density at radius 1 is 1.04 bits per heavy atom. The van der Waals surface area contributed by atoms with Crippen LogP contribution in [0, 0.1) is 5.92 Å². The molecule has 0 atom stereocenters. The van der Waals surface area contributed by atoms with Gasteiger partial charge in [-0.3, -0.25) is 9.59 Å². The van der Waals surface area contributed by atoms with E-state index in [-0.39, 0.29) is 23.8 Å². The van der Waals surface area contributed by atoms with E-state index in [1.54, 1.807) is 0 Å². The number of hydrogen-bond donors (Lipinski definition) is 1. The minimum atomic E-state index is 0.0871. The molecule has 1 N–H and O–H groups in total. The van der Waals surface area contributed by atoms with E-state index in [0.29, 0.717) is 13.1 Å². The first-order chi connectivity index (χ1) is 11.5. The number of carbonyl (C=O) groups is 2. The number of hydrogen-bond acceptors (Lipinski definition) is 3. The summed E-state index contributed by atoms with van der Waals surface area (Å²) in [5, 5.41) is 3.16. The molecular formula is C19H27N3O2. The summed E-state index contributed by atoms with van der Waals surface area (Å²) in [6, 6.07) is 7.94. The standard InChI is InChI=1S/C19H27N3O2/c1-21(2)17-8-6-15(7-9-17)19(24)22-12-10-16(11-13-22)20-18(23)14-4-3-5-14/h6-9,14,16H,3-5,10-13H2,1-2H3,(H,20,23). The summed E-state index contributed by atoms with van der Waals surface area (Å²) in [7, 11) is 3.97. The van der Waals surface area contributed by atoms with E-state index in [1.165, 1.54) is 6.42 Å². The van der Waals surface area contributed by atoms with Gasteiger partial charge in [0.2, 0.25) is 5.91 Å². The number of nitrogens with zero attached hydrogens (tertiary/aromatic N) is 2. The van der Waals surface area contributed by atoms with Gasteiger partial charge in [0.15, 0.2) is 0 Å². The molecule has 2 fully saturated rings. The minimum absolute atomic E-state index is 0.0871. The van der Waals surface area contributed by atoms with Crippen LogP contribution in [0.1, 0.15) is 42.5 Å². The van der Waals surface area contributed by atoms with Crippen LogP contribution in [-0.2, 0) is 4.79 Å². The first-order valence-electron chi connectivity index (χ1n) is 8.91. The van der Waals surface area contributed by atoms with Crippen LogP contribution in [0.4, 0.5) is 5.69 Å². The number of carbonyl (C=O) groups excluding carboxylic acids is 2. The van der Waals surface area contributed by atoms with Gasteiger partial charge in [0, 0.05) is 50.4 Å². The van der Waals surface area contributed by atoms with Crippen molar-refractivity contribution in [2.75, 3.05) is 32.1 Å². The average molecular weight is 329 g/mol. The second-order valence-corrected chi connectivity index (χ2v) is 7.14.